The van der Waals surface area contributed by atoms with E-state index < -0.39 is 5.41 Å². The lowest BCUT2D eigenvalue weighted by molar-refractivity contribution is 0.102. The molecule has 0 aromatic carbocycles. The van der Waals surface area contributed by atoms with Crippen LogP contribution in [0.25, 0.3) is 11.3 Å². The summed E-state index contributed by atoms with van der Waals surface area (Å²) in [5, 5.41) is 5.83. The van der Waals surface area contributed by atoms with Crippen molar-refractivity contribution in [3.8, 4) is 17.1 Å². The van der Waals surface area contributed by atoms with E-state index in [0.717, 1.165) is 11.3 Å². The molecule has 32 heavy (non-hydrogen) atoms. The third kappa shape index (κ3) is 4.72. The topological polar surface area (TPSA) is 85.2 Å². The van der Waals surface area contributed by atoms with E-state index in [0.29, 0.717) is 35.9 Å². The van der Waals surface area contributed by atoms with Gasteiger partial charge >= 0.3 is 0 Å². The molecule has 1 amide bonds. The number of aryl methyl sites for hydroxylation is 1. The van der Waals surface area contributed by atoms with E-state index in [4.69, 9.17) is 4.74 Å². The molecular formula is C22H26FN6O2P. The van der Waals surface area contributed by atoms with E-state index >= 15 is 0 Å². The molecule has 4 heterocycles. The minimum Gasteiger partial charge on any atom is -0.475 e. The Labute approximate surface area is 188 Å². The third-order valence-electron chi connectivity index (χ3n) is 5.17. The van der Waals surface area contributed by atoms with Gasteiger partial charge in [-0.25, -0.2) is 14.4 Å². The number of carbonyl (C=O) groups excluding carboxylic acids is 1. The summed E-state index contributed by atoms with van der Waals surface area (Å²) in [5.74, 6) is 0.626. The largest absolute Gasteiger partial charge is 0.475 e. The van der Waals surface area contributed by atoms with Crippen LogP contribution in [0.4, 0.5) is 15.9 Å². The number of aromatic nitrogens is 4. The number of hydrogen-bond donors (Lipinski definition) is 1. The second kappa shape index (κ2) is 8.82. The minimum absolute atomic E-state index is 0.0126. The first-order valence-corrected chi connectivity index (χ1v) is 11.0. The monoisotopic (exact) mass is 456 g/mol. The molecule has 4 rings (SSSR count). The van der Waals surface area contributed by atoms with Crippen LogP contribution in [-0.4, -0.2) is 50.3 Å². The van der Waals surface area contributed by atoms with Gasteiger partial charge in [0.1, 0.15) is 5.41 Å². The number of anilines is 2. The highest BCUT2D eigenvalue weighted by atomic mass is 31.0. The number of alkyl halides is 1. The van der Waals surface area contributed by atoms with Crippen molar-refractivity contribution in [3.63, 3.8) is 0 Å². The van der Waals surface area contributed by atoms with E-state index in [9.17, 15) is 9.18 Å². The number of rotatable bonds is 6. The first-order chi connectivity index (χ1) is 15.2. The van der Waals surface area contributed by atoms with Crippen molar-refractivity contribution >= 4 is 26.7 Å². The average Bonchev–Trinajstić information content (AvgIpc) is 3.33. The second-order valence-corrected chi connectivity index (χ2v) is 9.14. The third-order valence-corrected chi connectivity index (χ3v) is 5.64. The van der Waals surface area contributed by atoms with Crippen molar-refractivity contribution in [2.75, 3.05) is 23.3 Å². The van der Waals surface area contributed by atoms with Gasteiger partial charge in [-0.15, -0.1) is 0 Å². The minimum atomic E-state index is -1.39. The van der Waals surface area contributed by atoms with Crippen LogP contribution < -0.4 is 15.0 Å². The molecule has 1 aliphatic rings. The van der Waals surface area contributed by atoms with Gasteiger partial charge in [-0.3, -0.25) is 9.48 Å². The summed E-state index contributed by atoms with van der Waals surface area (Å²) in [5.41, 5.74) is 2.43. The molecule has 0 bridgehead atoms. The molecule has 0 saturated carbocycles. The van der Waals surface area contributed by atoms with Crippen LogP contribution >= 0.6 is 9.24 Å². The van der Waals surface area contributed by atoms with Gasteiger partial charge in [0.15, 0.2) is 5.82 Å². The molecule has 3 aromatic rings. The molecule has 1 aliphatic heterocycles. The van der Waals surface area contributed by atoms with E-state index in [1.807, 2.05) is 37.9 Å². The summed E-state index contributed by atoms with van der Waals surface area (Å²) >= 11 is 0. The SMILES string of the molecule is CC(C)Oc1ccc(C(=O)Nc2c(-c3ccnn3C)ccnc2N2CCC(F)(P)C2)cn1. The lowest BCUT2D eigenvalue weighted by atomic mass is 10.1. The number of pyridine rings is 2. The van der Waals surface area contributed by atoms with Crippen molar-refractivity contribution < 1.29 is 13.9 Å². The van der Waals surface area contributed by atoms with E-state index in [-0.39, 0.29) is 18.6 Å². The molecule has 10 heteroatoms. The number of halogens is 1. The van der Waals surface area contributed by atoms with Crippen LogP contribution in [0.5, 0.6) is 5.88 Å². The number of nitrogens with zero attached hydrogens (tertiary/aromatic N) is 5. The van der Waals surface area contributed by atoms with Gasteiger partial charge in [0.05, 0.1) is 29.6 Å². The summed E-state index contributed by atoms with van der Waals surface area (Å²) < 4.78 is 21.8. The van der Waals surface area contributed by atoms with Crippen LogP contribution in [0.2, 0.25) is 0 Å². The van der Waals surface area contributed by atoms with Gasteiger partial charge in [0.25, 0.3) is 5.91 Å². The van der Waals surface area contributed by atoms with Crippen LogP contribution in [0.1, 0.15) is 30.6 Å². The predicted octanol–water partition coefficient (Wildman–Crippen LogP) is 3.67. The Bertz CT molecular complexity index is 1120. The van der Waals surface area contributed by atoms with Crippen LogP contribution in [-0.2, 0) is 7.05 Å². The van der Waals surface area contributed by atoms with Crippen molar-refractivity contribution in [1.29, 1.82) is 0 Å². The van der Waals surface area contributed by atoms with Crippen LogP contribution in [0.3, 0.4) is 0 Å². The maximum absolute atomic E-state index is 14.5. The Morgan fingerprint density at radius 2 is 2.06 bits per heavy atom. The number of amides is 1. The normalized spacial score (nSPS) is 18.2. The standard InChI is InChI=1S/C22H26FN6O2P/c1-14(2)31-18-5-4-15(12-25-18)21(30)27-19-16(17-7-10-26-28(17)3)6-9-24-20(19)29-11-8-22(23,32)13-29/h4-7,9-10,12,14H,8,11,13,32H2,1-3H3,(H,27,30). The second-order valence-electron chi connectivity index (χ2n) is 8.11. The van der Waals surface area contributed by atoms with Gasteiger partial charge in [-0.2, -0.15) is 5.10 Å². The summed E-state index contributed by atoms with van der Waals surface area (Å²) in [6.45, 7) is 4.48. The summed E-state index contributed by atoms with van der Waals surface area (Å²) in [4.78, 5) is 23.7. The Kier molecular flexibility index (Phi) is 6.11. The number of carbonyl (C=O) groups is 1. The van der Waals surface area contributed by atoms with Gasteiger partial charge < -0.3 is 15.0 Å². The molecular weight excluding hydrogens is 430 g/mol. The molecule has 0 radical (unpaired) electrons. The highest BCUT2D eigenvalue weighted by Crippen LogP contribution is 2.40. The fourth-order valence-electron chi connectivity index (χ4n) is 3.65. The van der Waals surface area contributed by atoms with Crippen LogP contribution in [0.15, 0.2) is 42.9 Å². The number of ether oxygens (including phenoxy) is 1. The predicted molar refractivity (Wildman–Crippen MR) is 125 cm³/mol. The van der Waals surface area contributed by atoms with Crippen molar-refractivity contribution in [2.45, 2.75) is 31.8 Å². The lowest BCUT2D eigenvalue weighted by Crippen LogP contribution is -2.26. The molecule has 0 aliphatic carbocycles. The number of hydrogen-bond acceptors (Lipinski definition) is 6. The molecule has 3 aromatic heterocycles. The summed E-state index contributed by atoms with van der Waals surface area (Å²) in [7, 11) is 4.09. The average molecular weight is 456 g/mol. The van der Waals surface area contributed by atoms with E-state index in [1.165, 1.54) is 6.20 Å². The van der Waals surface area contributed by atoms with Crippen molar-refractivity contribution in [3.05, 3.63) is 48.4 Å². The van der Waals surface area contributed by atoms with Gasteiger partial charge in [-0.05, 0) is 32.0 Å². The molecule has 168 valence electrons. The van der Waals surface area contributed by atoms with Gasteiger partial charge in [0.2, 0.25) is 5.88 Å². The number of nitrogens with one attached hydrogen (secondary N) is 1. The van der Waals surface area contributed by atoms with Crippen LogP contribution in [0, 0.1) is 0 Å². The molecule has 1 saturated heterocycles. The highest BCUT2D eigenvalue weighted by molar-refractivity contribution is 7.18. The highest BCUT2D eigenvalue weighted by Gasteiger charge is 2.36. The quantitative estimate of drug-likeness (QED) is 0.570. The molecule has 1 fully saturated rings. The molecule has 2 atom stereocenters. The van der Waals surface area contributed by atoms with E-state index in [2.05, 4.69) is 29.6 Å². The Morgan fingerprint density at radius 3 is 2.66 bits per heavy atom. The fourth-order valence-corrected chi connectivity index (χ4v) is 4.00. The first-order valence-electron chi connectivity index (χ1n) is 10.4. The smallest absolute Gasteiger partial charge is 0.257 e. The van der Waals surface area contributed by atoms with Gasteiger partial charge in [0, 0.05) is 50.2 Å². The Morgan fingerprint density at radius 1 is 1.25 bits per heavy atom. The van der Waals surface area contributed by atoms with Crippen molar-refractivity contribution in [2.24, 2.45) is 7.05 Å². The Balaban J connectivity index is 1.69. The van der Waals surface area contributed by atoms with E-state index in [1.54, 1.807) is 29.2 Å². The molecule has 2 unspecified atom stereocenters. The molecule has 8 nitrogen and oxygen atoms in total. The molecule has 1 N–H and O–H groups in total. The zero-order valence-corrected chi connectivity index (χ0v) is 19.4. The lowest BCUT2D eigenvalue weighted by Gasteiger charge is -2.23. The van der Waals surface area contributed by atoms with Crippen molar-refractivity contribution in [1.82, 2.24) is 19.7 Å². The summed E-state index contributed by atoms with van der Waals surface area (Å²) in [6.07, 6.45) is 5.17. The zero-order chi connectivity index (χ0) is 22.9. The molecule has 0 spiro atoms. The summed E-state index contributed by atoms with van der Waals surface area (Å²) in [6, 6.07) is 6.99. The maximum atomic E-state index is 14.5. The zero-order valence-electron chi connectivity index (χ0n) is 18.2. The van der Waals surface area contributed by atoms with Gasteiger partial charge in [-0.1, -0.05) is 9.24 Å². The Hall–Kier alpha value is -3.06. The first kappa shape index (κ1) is 22.1. The maximum Gasteiger partial charge on any atom is 0.257 e. The fraction of sp³-hybridized carbons (Fsp3) is 0.364.